The Kier molecular flexibility index (Phi) is 6.24. The second-order valence-electron chi connectivity index (χ2n) is 7.52. The Morgan fingerprint density at radius 2 is 1.76 bits per heavy atom. The zero-order valence-electron chi connectivity index (χ0n) is 17.8. The molecule has 178 valence electrons. The van der Waals surface area contributed by atoms with E-state index < -0.39 is 27.9 Å². The molecule has 1 atom stereocenters. The number of nitrogens with one attached hydrogen (secondary N) is 3. The van der Waals surface area contributed by atoms with Crippen LogP contribution in [-0.2, 0) is 22.7 Å². The molecule has 0 spiro atoms. The maximum Gasteiger partial charge on any atom is 0.416 e. The van der Waals surface area contributed by atoms with E-state index in [-0.39, 0.29) is 23.0 Å². The van der Waals surface area contributed by atoms with Crippen LogP contribution in [0.25, 0.3) is 0 Å². The third kappa shape index (κ3) is 4.85. The second kappa shape index (κ2) is 8.99. The number of sulfonamides is 1. The van der Waals surface area contributed by atoms with E-state index in [4.69, 9.17) is 4.74 Å². The van der Waals surface area contributed by atoms with Crippen LogP contribution in [-0.4, -0.2) is 21.4 Å². The molecule has 7 nitrogen and oxygen atoms in total. The van der Waals surface area contributed by atoms with Crippen molar-refractivity contribution in [1.29, 1.82) is 0 Å². The third-order valence-electron chi connectivity index (χ3n) is 5.31. The van der Waals surface area contributed by atoms with E-state index >= 15 is 0 Å². The Bertz CT molecular complexity index is 1330. The second-order valence-corrected chi connectivity index (χ2v) is 9.21. The number of amides is 1. The molecule has 3 aromatic carbocycles. The molecule has 3 N–H and O–H groups in total. The van der Waals surface area contributed by atoms with Crippen LogP contribution in [0.2, 0.25) is 0 Å². The Morgan fingerprint density at radius 1 is 1.06 bits per heavy atom. The summed E-state index contributed by atoms with van der Waals surface area (Å²) in [6, 6.07) is 15.7. The topological polar surface area (TPSA) is 96.5 Å². The molecule has 11 heteroatoms. The highest BCUT2D eigenvalue weighted by Crippen LogP contribution is 2.37. The minimum absolute atomic E-state index is 0.155. The largest absolute Gasteiger partial charge is 0.496 e. The van der Waals surface area contributed by atoms with Crippen molar-refractivity contribution in [2.24, 2.45) is 0 Å². The molecule has 0 saturated heterocycles. The van der Waals surface area contributed by atoms with Gasteiger partial charge in [0.2, 0.25) is 10.0 Å². The molecule has 1 aliphatic heterocycles. The number of hydrogen-bond donors (Lipinski definition) is 3. The molecule has 0 saturated carbocycles. The van der Waals surface area contributed by atoms with E-state index in [1.807, 2.05) is 18.2 Å². The van der Waals surface area contributed by atoms with Crippen LogP contribution in [0.15, 0.2) is 71.6 Å². The summed E-state index contributed by atoms with van der Waals surface area (Å²) in [6.45, 7) is 0.243. The fraction of sp³-hybridized carbons (Fsp3) is 0.174. The minimum Gasteiger partial charge on any atom is -0.496 e. The van der Waals surface area contributed by atoms with Crippen molar-refractivity contribution < 1.29 is 31.1 Å². The zero-order valence-corrected chi connectivity index (χ0v) is 18.6. The molecule has 0 radical (unpaired) electrons. The summed E-state index contributed by atoms with van der Waals surface area (Å²) in [5.41, 5.74) is 0.437. The molecule has 0 bridgehead atoms. The standard InChI is InChI=1S/C23H20F3N3O4S/c1-33-19-5-3-2-4-16(19)13-27-22(30)15-8-6-14(7-9-15)21-28-18-12-17(23(24,25)26)10-11-20(18)34(31,32)29-21/h2-12,21,28-29H,13H2,1H3,(H,27,30)/t21-/m0/s1. The van der Waals surface area contributed by atoms with Gasteiger partial charge in [-0.05, 0) is 42.0 Å². The van der Waals surface area contributed by atoms with Gasteiger partial charge < -0.3 is 15.4 Å². The first kappa shape index (κ1) is 23.6. The molecule has 0 unspecified atom stereocenters. The maximum atomic E-state index is 13.1. The number of fused-ring (bicyclic) bond motifs is 1. The lowest BCUT2D eigenvalue weighted by Crippen LogP contribution is -2.38. The number of ether oxygens (including phenoxy) is 1. The Balaban J connectivity index is 1.50. The van der Waals surface area contributed by atoms with E-state index in [0.29, 0.717) is 16.9 Å². The zero-order chi connectivity index (χ0) is 24.5. The van der Waals surface area contributed by atoms with Gasteiger partial charge in [0.1, 0.15) is 16.8 Å². The quantitative estimate of drug-likeness (QED) is 0.501. The van der Waals surface area contributed by atoms with Gasteiger partial charge >= 0.3 is 6.18 Å². The predicted molar refractivity (Wildman–Crippen MR) is 119 cm³/mol. The first-order valence-electron chi connectivity index (χ1n) is 10.1. The van der Waals surface area contributed by atoms with Gasteiger partial charge in [-0.15, -0.1) is 0 Å². The van der Waals surface area contributed by atoms with Gasteiger partial charge in [-0.3, -0.25) is 4.79 Å². The SMILES string of the molecule is COc1ccccc1CNC(=O)c1ccc([C@H]2Nc3cc(C(F)(F)F)ccc3S(=O)(=O)N2)cc1. The van der Waals surface area contributed by atoms with Crippen molar-refractivity contribution in [2.45, 2.75) is 23.8 Å². The first-order valence-corrected chi connectivity index (χ1v) is 11.6. The summed E-state index contributed by atoms with van der Waals surface area (Å²) in [7, 11) is -2.51. The number of alkyl halides is 3. The summed E-state index contributed by atoms with van der Waals surface area (Å²) < 4.78 is 72.0. The van der Waals surface area contributed by atoms with Crippen LogP contribution in [0.1, 0.15) is 33.2 Å². The average molecular weight is 491 g/mol. The lowest BCUT2D eigenvalue weighted by atomic mass is 10.1. The third-order valence-corrected chi connectivity index (χ3v) is 6.79. The fourth-order valence-electron chi connectivity index (χ4n) is 3.56. The van der Waals surface area contributed by atoms with Gasteiger partial charge in [0, 0.05) is 17.7 Å². The summed E-state index contributed by atoms with van der Waals surface area (Å²) in [6.07, 6.45) is -5.62. The van der Waals surface area contributed by atoms with Gasteiger partial charge in [-0.25, -0.2) is 8.42 Å². The Morgan fingerprint density at radius 3 is 2.44 bits per heavy atom. The van der Waals surface area contributed by atoms with E-state index in [2.05, 4.69) is 15.4 Å². The summed E-state index contributed by atoms with van der Waals surface area (Å²) in [5, 5.41) is 5.57. The first-order chi connectivity index (χ1) is 16.1. The lowest BCUT2D eigenvalue weighted by Gasteiger charge is -2.29. The van der Waals surface area contributed by atoms with Gasteiger partial charge in [0.25, 0.3) is 5.91 Å². The van der Waals surface area contributed by atoms with Crippen molar-refractivity contribution in [3.8, 4) is 5.75 Å². The van der Waals surface area contributed by atoms with Crippen molar-refractivity contribution >= 4 is 21.6 Å². The van der Waals surface area contributed by atoms with Crippen molar-refractivity contribution in [3.63, 3.8) is 0 Å². The van der Waals surface area contributed by atoms with E-state index in [1.165, 1.54) is 31.4 Å². The van der Waals surface area contributed by atoms with Crippen LogP contribution in [0, 0.1) is 0 Å². The van der Waals surface area contributed by atoms with Crippen LogP contribution in [0.5, 0.6) is 5.75 Å². The van der Waals surface area contributed by atoms with Crippen molar-refractivity contribution in [1.82, 2.24) is 10.0 Å². The molecule has 0 aromatic heterocycles. The number of para-hydroxylation sites is 1. The van der Waals surface area contributed by atoms with Gasteiger partial charge in [-0.1, -0.05) is 30.3 Å². The van der Waals surface area contributed by atoms with Crippen LogP contribution in [0.4, 0.5) is 18.9 Å². The fourth-order valence-corrected chi connectivity index (χ4v) is 4.85. The molecule has 4 rings (SSSR count). The van der Waals surface area contributed by atoms with Crippen molar-refractivity contribution in [2.75, 3.05) is 12.4 Å². The summed E-state index contributed by atoms with van der Waals surface area (Å²) in [4.78, 5) is 12.2. The van der Waals surface area contributed by atoms with Gasteiger partial charge in [0.15, 0.2) is 0 Å². The van der Waals surface area contributed by atoms with E-state index in [1.54, 1.807) is 6.07 Å². The van der Waals surface area contributed by atoms with Gasteiger partial charge in [-0.2, -0.15) is 17.9 Å². The number of carbonyl (C=O) groups excluding carboxylic acids is 1. The number of hydrogen-bond acceptors (Lipinski definition) is 5. The number of anilines is 1. The Hall–Kier alpha value is -3.57. The molecular weight excluding hydrogens is 471 g/mol. The Labute approximate surface area is 194 Å². The van der Waals surface area contributed by atoms with E-state index in [9.17, 15) is 26.4 Å². The van der Waals surface area contributed by atoms with E-state index in [0.717, 1.165) is 23.8 Å². The van der Waals surface area contributed by atoms with Crippen molar-refractivity contribution in [3.05, 3.63) is 89.0 Å². The molecular formula is C23H20F3N3O4S. The number of rotatable bonds is 5. The average Bonchev–Trinajstić information content (AvgIpc) is 2.81. The predicted octanol–water partition coefficient (Wildman–Crippen LogP) is 4.05. The van der Waals surface area contributed by atoms with Gasteiger partial charge in [0.05, 0.1) is 18.4 Å². The number of halogens is 3. The minimum atomic E-state index is -4.61. The van der Waals surface area contributed by atoms with Crippen LogP contribution in [0.3, 0.4) is 0 Å². The highest BCUT2D eigenvalue weighted by molar-refractivity contribution is 7.89. The smallest absolute Gasteiger partial charge is 0.416 e. The molecule has 0 aliphatic carbocycles. The monoisotopic (exact) mass is 491 g/mol. The molecule has 3 aromatic rings. The number of benzene rings is 3. The molecule has 0 fully saturated rings. The molecule has 1 aliphatic rings. The maximum absolute atomic E-state index is 13.1. The number of carbonyl (C=O) groups is 1. The summed E-state index contributed by atoms with van der Waals surface area (Å²) >= 11 is 0. The lowest BCUT2D eigenvalue weighted by molar-refractivity contribution is -0.137. The molecule has 34 heavy (non-hydrogen) atoms. The highest BCUT2D eigenvalue weighted by Gasteiger charge is 2.35. The normalized spacial score (nSPS) is 16.8. The van der Waals surface area contributed by atoms with Crippen LogP contribution < -0.4 is 20.1 Å². The molecule has 1 amide bonds. The summed E-state index contributed by atoms with van der Waals surface area (Å²) in [5.74, 6) is 0.289. The number of methoxy groups -OCH3 is 1. The van der Waals surface area contributed by atoms with Crippen LogP contribution >= 0.6 is 0 Å². The highest BCUT2D eigenvalue weighted by atomic mass is 32.2. The molecule has 1 heterocycles.